The van der Waals surface area contributed by atoms with Crippen molar-refractivity contribution in [3.8, 4) is 0 Å². The molecular weight excluding hydrogens is 120 g/mol. The molecule has 1 unspecified atom stereocenters. The van der Waals surface area contributed by atoms with Crippen molar-refractivity contribution < 1.29 is 5.11 Å². The summed E-state index contributed by atoms with van der Waals surface area (Å²) in [4.78, 5) is 0. The van der Waals surface area contributed by atoms with E-state index < -0.39 is 0 Å². The molecule has 0 spiro atoms. The second-order valence-electron chi connectivity index (χ2n) is 2.13. The molecule has 1 rings (SSSR count). The smallest absolute Gasteiger partial charge is 0.0832 e. The first-order valence-electron chi connectivity index (χ1n) is 3.13. The lowest BCUT2D eigenvalue weighted by Crippen LogP contribution is -1.97. The minimum absolute atomic E-state index is 0.123. The van der Waals surface area contributed by atoms with Crippen LogP contribution in [0.4, 0.5) is 0 Å². The molecule has 1 aliphatic heterocycles. The molecule has 0 aliphatic carbocycles. The summed E-state index contributed by atoms with van der Waals surface area (Å²) >= 11 is 1.97. The van der Waals surface area contributed by atoms with Crippen LogP contribution in [0.1, 0.15) is 19.3 Å². The van der Waals surface area contributed by atoms with Gasteiger partial charge in [-0.15, -0.1) is 0 Å². The van der Waals surface area contributed by atoms with Gasteiger partial charge in [-0.3, -0.25) is 0 Å². The first-order valence-corrected chi connectivity index (χ1v) is 4.18. The zero-order chi connectivity index (χ0) is 5.82. The van der Waals surface area contributed by atoms with Crippen LogP contribution in [-0.2, 0) is 5.11 Å². The predicted molar refractivity (Wildman–Crippen MR) is 35.7 cm³/mol. The van der Waals surface area contributed by atoms with Crippen molar-refractivity contribution in [2.24, 2.45) is 0 Å². The molecule has 0 aromatic heterocycles. The molecule has 0 bridgehead atoms. The van der Waals surface area contributed by atoms with Crippen LogP contribution >= 0.6 is 11.8 Å². The Hall–Kier alpha value is 0.310. The van der Waals surface area contributed by atoms with Crippen LogP contribution in [0.15, 0.2) is 0 Å². The summed E-state index contributed by atoms with van der Waals surface area (Å²) in [7, 11) is 0. The minimum atomic E-state index is 0.123. The number of hydrogen-bond donors (Lipinski definition) is 0. The molecule has 2 heteroatoms. The molecule has 0 N–H and O–H groups in total. The highest BCUT2D eigenvalue weighted by atomic mass is 32.2. The Morgan fingerprint density at radius 1 is 1.62 bits per heavy atom. The van der Waals surface area contributed by atoms with Gasteiger partial charge in [0.05, 0.1) is 6.61 Å². The average Bonchev–Trinajstić information content (AvgIpc) is 2.19. The van der Waals surface area contributed by atoms with Crippen LogP contribution < -0.4 is 0 Å². The van der Waals surface area contributed by atoms with Crippen LogP contribution in [0.5, 0.6) is 0 Å². The summed E-state index contributed by atoms with van der Waals surface area (Å²) in [6.45, 7) is 0.123. The fraction of sp³-hybridized carbons (Fsp3) is 1.00. The Labute approximate surface area is 54.5 Å². The molecule has 47 valence electrons. The molecule has 8 heavy (non-hydrogen) atoms. The Balaban J connectivity index is 2.06. The first-order chi connectivity index (χ1) is 3.93. The molecule has 1 nitrogen and oxygen atoms in total. The molecular formula is C6H11OS. The van der Waals surface area contributed by atoms with E-state index in [4.69, 9.17) is 0 Å². The summed E-state index contributed by atoms with van der Waals surface area (Å²) < 4.78 is 0. The zero-order valence-electron chi connectivity index (χ0n) is 4.93. The molecule has 0 aromatic carbocycles. The second kappa shape index (κ2) is 3.36. The Bertz CT molecular complexity index is 59.5. The largest absolute Gasteiger partial charge is 0.237 e. The third-order valence-corrected chi connectivity index (χ3v) is 2.93. The van der Waals surface area contributed by atoms with Crippen molar-refractivity contribution >= 4 is 11.8 Å². The highest BCUT2D eigenvalue weighted by Crippen LogP contribution is 2.27. The van der Waals surface area contributed by atoms with Crippen LogP contribution in [-0.4, -0.2) is 17.6 Å². The predicted octanol–water partition coefficient (Wildman–Crippen LogP) is 1.70. The van der Waals surface area contributed by atoms with Crippen LogP contribution in [0, 0.1) is 0 Å². The second-order valence-corrected chi connectivity index (χ2v) is 3.54. The van der Waals surface area contributed by atoms with Gasteiger partial charge in [-0.05, 0) is 25.0 Å². The van der Waals surface area contributed by atoms with Gasteiger partial charge in [0.2, 0.25) is 0 Å². The Morgan fingerprint density at radius 3 is 3.00 bits per heavy atom. The van der Waals surface area contributed by atoms with Crippen molar-refractivity contribution in [1.29, 1.82) is 0 Å². The monoisotopic (exact) mass is 131 g/mol. The van der Waals surface area contributed by atoms with Gasteiger partial charge in [0.1, 0.15) is 0 Å². The van der Waals surface area contributed by atoms with Gasteiger partial charge >= 0.3 is 0 Å². The normalized spacial score (nSPS) is 28.9. The molecule has 1 heterocycles. The SMILES string of the molecule is [O]CCC1CCCS1. The van der Waals surface area contributed by atoms with E-state index in [2.05, 4.69) is 0 Å². The topological polar surface area (TPSA) is 19.9 Å². The van der Waals surface area contributed by atoms with Crippen molar-refractivity contribution in [3.05, 3.63) is 0 Å². The maximum atomic E-state index is 10.1. The number of rotatable bonds is 2. The maximum absolute atomic E-state index is 10.1. The van der Waals surface area contributed by atoms with Gasteiger partial charge in [0.15, 0.2) is 0 Å². The molecule has 1 saturated heterocycles. The lowest BCUT2D eigenvalue weighted by molar-refractivity contribution is 0.188. The minimum Gasteiger partial charge on any atom is -0.237 e. The standard InChI is InChI=1S/C6H11OS/c7-4-3-6-2-1-5-8-6/h6H,1-5H2. The number of thioether (sulfide) groups is 1. The molecule has 1 fully saturated rings. The molecule has 0 amide bonds. The average molecular weight is 131 g/mol. The van der Waals surface area contributed by atoms with E-state index in [1.165, 1.54) is 18.6 Å². The van der Waals surface area contributed by atoms with E-state index >= 15 is 0 Å². The fourth-order valence-electron chi connectivity index (χ4n) is 1.00. The first kappa shape index (κ1) is 6.43. The van der Waals surface area contributed by atoms with E-state index in [-0.39, 0.29) is 6.61 Å². The molecule has 1 aliphatic rings. The van der Waals surface area contributed by atoms with E-state index in [9.17, 15) is 5.11 Å². The summed E-state index contributed by atoms with van der Waals surface area (Å²) in [5, 5.41) is 10.8. The zero-order valence-corrected chi connectivity index (χ0v) is 5.75. The summed E-state index contributed by atoms with van der Waals surface area (Å²) in [5.74, 6) is 1.28. The van der Waals surface area contributed by atoms with Gasteiger partial charge < -0.3 is 0 Å². The fourth-order valence-corrected chi connectivity index (χ4v) is 2.27. The highest BCUT2D eigenvalue weighted by Gasteiger charge is 2.13. The molecule has 1 radical (unpaired) electrons. The summed E-state index contributed by atoms with van der Waals surface area (Å²) in [6.07, 6.45) is 3.51. The van der Waals surface area contributed by atoms with E-state index in [1.54, 1.807) is 0 Å². The van der Waals surface area contributed by atoms with Gasteiger partial charge in [0, 0.05) is 5.25 Å². The summed E-state index contributed by atoms with van der Waals surface area (Å²) in [5.41, 5.74) is 0. The number of hydrogen-bond acceptors (Lipinski definition) is 1. The highest BCUT2D eigenvalue weighted by molar-refractivity contribution is 8.00. The van der Waals surface area contributed by atoms with Crippen molar-refractivity contribution in [3.63, 3.8) is 0 Å². The maximum Gasteiger partial charge on any atom is 0.0832 e. The lowest BCUT2D eigenvalue weighted by Gasteiger charge is -2.01. The quantitative estimate of drug-likeness (QED) is 0.558. The van der Waals surface area contributed by atoms with Crippen LogP contribution in [0.2, 0.25) is 0 Å². The van der Waals surface area contributed by atoms with E-state index in [0.717, 1.165) is 6.42 Å². The Kier molecular flexibility index (Phi) is 2.70. The van der Waals surface area contributed by atoms with E-state index in [1.807, 2.05) is 11.8 Å². The van der Waals surface area contributed by atoms with Crippen LogP contribution in [0.3, 0.4) is 0 Å². The van der Waals surface area contributed by atoms with Gasteiger partial charge in [-0.1, -0.05) is 0 Å². The molecule has 0 aromatic rings. The molecule has 0 saturated carbocycles. The van der Waals surface area contributed by atoms with Gasteiger partial charge in [-0.2, -0.15) is 11.8 Å². The molecule has 1 atom stereocenters. The van der Waals surface area contributed by atoms with Crippen molar-refractivity contribution in [1.82, 2.24) is 0 Å². The van der Waals surface area contributed by atoms with Crippen LogP contribution in [0.25, 0.3) is 0 Å². The van der Waals surface area contributed by atoms with Crippen molar-refractivity contribution in [2.45, 2.75) is 24.5 Å². The third-order valence-electron chi connectivity index (χ3n) is 1.46. The Morgan fingerprint density at radius 2 is 2.50 bits per heavy atom. The van der Waals surface area contributed by atoms with Gasteiger partial charge in [-0.25, -0.2) is 5.11 Å². The van der Waals surface area contributed by atoms with Crippen molar-refractivity contribution in [2.75, 3.05) is 12.4 Å². The van der Waals surface area contributed by atoms with E-state index in [0.29, 0.717) is 5.25 Å². The summed E-state index contributed by atoms with van der Waals surface area (Å²) in [6, 6.07) is 0. The lowest BCUT2D eigenvalue weighted by atomic mass is 10.2. The van der Waals surface area contributed by atoms with Gasteiger partial charge in [0.25, 0.3) is 0 Å². The third kappa shape index (κ3) is 1.67.